The summed E-state index contributed by atoms with van der Waals surface area (Å²) in [5.41, 5.74) is 0.951. The van der Waals surface area contributed by atoms with Crippen LogP contribution in [-0.2, 0) is 17.1 Å². The Balaban J connectivity index is 1.58. The first-order chi connectivity index (χ1) is 14.4. The van der Waals surface area contributed by atoms with Gasteiger partial charge in [-0.3, -0.25) is 9.40 Å². The summed E-state index contributed by atoms with van der Waals surface area (Å²) in [6.45, 7) is 0. The third kappa shape index (κ3) is 3.84. The van der Waals surface area contributed by atoms with Crippen molar-refractivity contribution in [2.75, 3.05) is 4.72 Å². The number of hydrogen-bond donors (Lipinski definition) is 1. The molecule has 0 saturated heterocycles. The number of anilines is 1. The van der Waals surface area contributed by atoms with Crippen LogP contribution >= 0.6 is 0 Å². The van der Waals surface area contributed by atoms with Gasteiger partial charge in [0, 0.05) is 31.1 Å². The largest absolute Gasteiger partial charge is 0.487 e. The number of hydrogen-bond acceptors (Lipinski definition) is 6. The fourth-order valence-electron chi connectivity index (χ4n) is 3.67. The van der Waals surface area contributed by atoms with Gasteiger partial charge in [0.25, 0.3) is 10.0 Å². The minimum absolute atomic E-state index is 0.0113. The lowest BCUT2D eigenvalue weighted by Crippen LogP contribution is -2.23. The lowest BCUT2D eigenvalue weighted by molar-refractivity contribution is 0.176. The van der Waals surface area contributed by atoms with E-state index in [2.05, 4.69) is 19.8 Å². The normalized spacial score (nSPS) is 19.0. The maximum absolute atomic E-state index is 14.7. The number of aromatic nitrogens is 4. The zero-order valence-electron chi connectivity index (χ0n) is 16.0. The van der Waals surface area contributed by atoms with Gasteiger partial charge in [-0.1, -0.05) is 0 Å². The molecule has 1 N–H and O–H groups in total. The summed E-state index contributed by atoms with van der Waals surface area (Å²) in [5.74, 6) is -3.26. The third-order valence-corrected chi connectivity index (χ3v) is 6.46. The fourth-order valence-corrected chi connectivity index (χ4v) is 4.75. The number of rotatable bonds is 6. The Morgan fingerprint density at radius 3 is 2.67 bits per heavy atom. The van der Waals surface area contributed by atoms with E-state index in [9.17, 15) is 17.2 Å². The van der Waals surface area contributed by atoms with Gasteiger partial charge in [-0.2, -0.15) is 9.49 Å². The maximum Gasteiger partial charge on any atom is 0.266 e. The molecule has 1 aliphatic carbocycles. The minimum atomic E-state index is -4.38. The molecule has 2 atom stereocenters. The number of aryl methyl sites for hydroxylation is 1. The molecule has 0 amide bonds. The summed E-state index contributed by atoms with van der Waals surface area (Å²) in [5, 5.41) is 4.15. The van der Waals surface area contributed by atoms with Gasteiger partial charge < -0.3 is 4.74 Å². The molecule has 1 aromatic carbocycles. The first-order valence-corrected chi connectivity index (χ1v) is 10.8. The van der Waals surface area contributed by atoms with Crippen molar-refractivity contribution in [2.45, 2.75) is 36.2 Å². The average molecular weight is 435 g/mol. The van der Waals surface area contributed by atoms with Crippen molar-refractivity contribution in [3.05, 3.63) is 60.3 Å². The topological polar surface area (TPSA) is 99.0 Å². The summed E-state index contributed by atoms with van der Waals surface area (Å²) in [4.78, 5) is 6.55. The SMILES string of the molecule is Cn1nccc1[C@H]1CCC[C@@H]1Oc1ccc(S(=O)(=O)Nc2ccncn2)c(F)c1F. The van der Waals surface area contributed by atoms with Crippen LogP contribution in [0.4, 0.5) is 14.6 Å². The molecule has 2 aromatic heterocycles. The summed E-state index contributed by atoms with van der Waals surface area (Å²) >= 11 is 0. The molecule has 30 heavy (non-hydrogen) atoms. The predicted molar refractivity (Wildman–Crippen MR) is 103 cm³/mol. The van der Waals surface area contributed by atoms with E-state index in [4.69, 9.17) is 4.74 Å². The smallest absolute Gasteiger partial charge is 0.266 e. The van der Waals surface area contributed by atoms with Crippen LogP contribution in [0.1, 0.15) is 30.9 Å². The second-order valence-corrected chi connectivity index (χ2v) is 8.61. The van der Waals surface area contributed by atoms with Crippen LogP contribution in [0.3, 0.4) is 0 Å². The highest BCUT2D eigenvalue weighted by Gasteiger charge is 2.34. The highest BCUT2D eigenvalue weighted by Crippen LogP contribution is 2.38. The Labute approximate surface area is 172 Å². The summed E-state index contributed by atoms with van der Waals surface area (Å²) in [6.07, 6.45) is 6.15. The van der Waals surface area contributed by atoms with Crippen LogP contribution in [0.5, 0.6) is 5.75 Å². The molecule has 0 bridgehead atoms. The van der Waals surface area contributed by atoms with E-state index in [0.29, 0.717) is 6.42 Å². The average Bonchev–Trinajstić information content (AvgIpc) is 3.34. The van der Waals surface area contributed by atoms with E-state index >= 15 is 0 Å². The van der Waals surface area contributed by atoms with Gasteiger partial charge in [0.1, 0.15) is 23.1 Å². The Morgan fingerprint density at radius 1 is 1.13 bits per heavy atom. The Morgan fingerprint density at radius 2 is 1.97 bits per heavy atom. The predicted octanol–water partition coefficient (Wildman–Crippen LogP) is 3.00. The molecule has 0 radical (unpaired) electrons. The van der Waals surface area contributed by atoms with E-state index in [1.54, 1.807) is 10.9 Å². The van der Waals surface area contributed by atoms with Gasteiger partial charge in [0.2, 0.25) is 5.82 Å². The Kier molecular flexibility index (Phi) is 5.37. The van der Waals surface area contributed by atoms with Crippen LogP contribution in [0.25, 0.3) is 0 Å². The lowest BCUT2D eigenvalue weighted by atomic mass is 10.0. The van der Waals surface area contributed by atoms with Gasteiger partial charge in [-0.05, 0) is 43.5 Å². The Hall–Kier alpha value is -3.08. The van der Waals surface area contributed by atoms with Gasteiger partial charge >= 0.3 is 0 Å². The molecule has 3 aromatic rings. The molecule has 1 aliphatic rings. The lowest BCUT2D eigenvalue weighted by Gasteiger charge is -2.22. The number of nitrogens with zero attached hydrogens (tertiary/aromatic N) is 4. The fraction of sp³-hybridized carbons (Fsp3) is 0.316. The van der Waals surface area contributed by atoms with Gasteiger partial charge in [0.05, 0.1) is 0 Å². The summed E-state index contributed by atoms with van der Waals surface area (Å²) in [7, 11) is -2.57. The van der Waals surface area contributed by atoms with Crippen LogP contribution in [0, 0.1) is 11.6 Å². The number of ether oxygens (including phenoxy) is 1. The molecule has 11 heteroatoms. The molecule has 8 nitrogen and oxygen atoms in total. The van der Waals surface area contributed by atoms with E-state index < -0.39 is 26.6 Å². The number of sulfonamides is 1. The zero-order chi connectivity index (χ0) is 21.3. The van der Waals surface area contributed by atoms with Crippen LogP contribution in [-0.4, -0.2) is 34.3 Å². The van der Waals surface area contributed by atoms with Crippen molar-refractivity contribution in [1.29, 1.82) is 0 Å². The zero-order valence-corrected chi connectivity index (χ0v) is 16.8. The van der Waals surface area contributed by atoms with Crippen molar-refractivity contribution >= 4 is 15.8 Å². The van der Waals surface area contributed by atoms with E-state index in [1.165, 1.54) is 12.3 Å². The number of benzene rings is 1. The molecule has 4 rings (SSSR count). The van der Waals surface area contributed by atoms with Crippen molar-refractivity contribution in [3.8, 4) is 5.75 Å². The standard InChI is InChI=1S/C19H19F2N5O3S/c1-26-13(7-10-24-26)12-3-2-4-14(12)29-15-5-6-16(19(21)18(15)20)30(27,28)25-17-8-9-22-11-23-17/h5-12,14H,2-4H2,1H3,(H,22,23,25)/t12-,14+/m1/s1. The van der Waals surface area contributed by atoms with E-state index in [0.717, 1.165) is 37.0 Å². The van der Waals surface area contributed by atoms with Gasteiger partial charge in [-0.25, -0.2) is 22.8 Å². The highest BCUT2D eigenvalue weighted by atomic mass is 32.2. The molecule has 2 heterocycles. The number of halogens is 2. The second-order valence-electron chi connectivity index (χ2n) is 6.96. The monoisotopic (exact) mass is 435 g/mol. The van der Waals surface area contributed by atoms with Gasteiger partial charge in [0.15, 0.2) is 11.6 Å². The second kappa shape index (κ2) is 7.98. The molecule has 0 spiro atoms. The van der Waals surface area contributed by atoms with Crippen molar-refractivity contribution in [3.63, 3.8) is 0 Å². The maximum atomic E-state index is 14.7. The summed E-state index contributed by atoms with van der Waals surface area (Å²) in [6, 6.07) is 5.27. The van der Waals surface area contributed by atoms with E-state index in [1.807, 2.05) is 13.1 Å². The van der Waals surface area contributed by atoms with Crippen LogP contribution in [0.2, 0.25) is 0 Å². The van der Waals surface area contributed by atoms with Crippen LogP contribution in [0.15, 0.2) is 47.9 Å². The number of nitrogens with one attached hydrogen (secondary N) is 1. The molecule has 158 valence electrons. The van der Waals surface area contributed by atoms with Crippen molar-refractivity contribution in [2.24, 2.45) is 7.05 Å². The first-order valence-electron chi connectivity index (χ1n) is 9.28. The van der Waals surface area contributed by atoms with Crippen molar-refractivity contribution in [1.82, 2.24) is 19.7 Å². The van der Waals surface area contributed by atoms with Crippen molar-refractivity contribution < 1.29 is 21.9 Å². The molecular formula is C19H19F2N5O3S. The first kappa shape index (κ1) is 20.2. The molecule has 0 unspecified atom stereocenters. The molecule has 0 aliphatic heterocycles. The van der Waals surface area contributed by atoms with Crippen LogP contribution < -0.4 is 9.46 Å². The quantitative estimate of drug-likeness (QED) is 0.639. The van der Waals surface area contributed by atoms with Gasteiger partial charge in [-0.15, -0.1) is 0 Å². The third-order valence-electron chi connectivity index (χ3n) is 5.09. The highest BCUT2D eigenvalue weighted by molar-refractivity contribution is 7.92. The minimum Gasteiger partial charge on any atom is -0.487 e. The molecule has 1 saturated carbocycles. The van der Waals surface area contributed by atoms with E-state index in [-0.39, 0.29) is 23.6 Å². The molecular weight excluding hydrogens is 416 g/mol. The molecule has 1 fully saturated rings. The summed E-state index contributed by atoms with van der Waals surface area (Å²) < 4.78 is 63.8. The Bertz CT molecular complexity index is 1150.